The Morgan fingerprint density at radius 1 is 1.25 bits per heavy atom. The quantitative estimate of drug-likeness (QED) is 0.847. The number of hydrogen-bond donors (Lipinski definition) is 2. The molecule has 2 aromatic rings. The molecular weight excluding hydrogens is 367 g/mol. The van der Waals surface area contributed by atoms with Gasteiger partial charge >= 0.3 is 0 Å². The lowest BCUT2D eigenvalue weighted by molar-refractivity contribution is 0.491. The summed E-state index contributed by atoms with van der Waals surface area (Å²) in [5.74, 6) is 0. The molecule has 24 heavy (non-hydrogen) atoms. The van der Waals surface area contributed by atoms with Crippen LogP contribution in [0.1, 0.15) is 22.7 Å². The summed E-state index contributed by atoms with van der Waals surface area (Å²) < 4.78 is 27.8. The van der Waals surface area contributed by atoms with Gasteiger partial charge in [-0.2, -0.15) is 0 Å². The first kappa shape index (κ1) is 19.2. The van der Waals surface area contributed by atoms with Crippen LogP contribution >= 0.6 is 24.0 Å². The van der Waals surface area contributed by atoms with Gasteiger partial charge in [-0.05, 0) is 48.7 Å². The minimum Gasteiger partial charge on any atom is -0.308 e. The fraction of sp³-hybridized carbons (Fsp3) is 0.294. The van der Waals surface area contributed by atoms with Crippen molar-refractivity contribution in [3.63, 3.8) is 0 Å². The van der Waals surface area contributed by atoms with Gasteiger partial charge < -0.3 is 5.32 Å². The van der Waals surface area contributed by atoms with E-state index in [1.807, 2.05) is 25.1 Å². The van der Waals surface area contributed by atoms with Crippen LogP contribution in [-0.4, -0.2) is 21.5 Å². The van der Waals surface area contributed by atoms with E-state index >= 15 is 0 Å². The van der Waals surface area contributed by atoms with E-state index in [2.05, 4.69) is 16.1 Å². The third kappa shape index (κ3) is 4.10. The largest absolute Gasteiger partial charge is 0.308 e. The highest BCUT2D eigenvalue weighted by molar-refractivity contribution is 7.89. The summed E-state index contributed by atoms with van der Waals surface area (Å²) in [6.07, 6.45) is 0.961. The molecule has 0 aromatic heterocycles. The van der Waals surface area contributed by atoms with Gasteiger partial charge in [0.15, 0.2) is 0 Å². The van der Waals surface area contributed by atoms with Gasteiger partial charge in [-0.25, -0.2) is 13.1 Å². The van der Waals surface area contributed by atoms with Crippen LogP contribution in [0.4, 0.5) is 0 Å². The highest BCUT2D eigenvalue weighted by Gasteiger charge is 2.23. The molecule has 0 amide bonds. The van der Waals surface area contributed by atoms with Crippen molar-refractivity contribution in [2.45, 2.75) is 24.3 Å². The molecule has 0 fully saturated rings. The fourth-order valence-electron chi connectivity index (χ4n) is 2.86. The Bertz CT molecular complexity index is 825. The summed E-state index contributed by atoms with van der Waals surface area (Å²) in [6, 6.07) is 13.1. The summed E-state index contributed by atoms with van der Waals surface area (Å²) >= 11 is 6.05. The number of aryl methyl sites for hydroxylation is 1. The van der Waals surface area contributed by atoms with E-state index in [0.717, 1.165) is 24.1 Å². The molecule has 0 spiro atoms. The van der Waals surface area contributed by atoms with E-state index in [-0.39, 0.29) is 28.4 Å². The van der Waals surface area contributed by atoms with E-state index in [1.165, 1.54) is 5.56 Å². The third-order valence-corrected chi connectivity index (χ3v) is 5.97. The first-order valence-corrected chi connectivity index (χ1v) is 9.40. The monoisotopic (exact) mass is 386 g/mol. The first-order valence-electron chi connectivity index (χ1n) is 7.54. The lowest BCUT2D eigenvalue weighted by Crippen LogP contribution is -2.38. The molecular formula is C17H20Cl2N2O2S. The molecule has 1 atom stereocenters. The number of benzene rings is 2. The Labute approximate surface area is 154 Å². The molecule has 1 heterocycles. The molecule has 2 aromatic carbocycles. The van der Waals surface area contributed by atoms with Crippen LogP contribution in [0.3, 0.4) is 0 Å². The van der Waals surface area contributed by atoms with Gasteiger partial charge in [0, 0.05) is 12.6 Å². The van der Waals surface area contributed by atoms with E-state index in [1.54, 1.807) is 18.2 Å². The van der Waals surface area contributed by atoms with Gasteiger partial charge in [-0.3, -0.25) is 0 Å². The second-order valence-corrected chi connectivity index (χ2v) is 7.88. The van der Waals surface area contributed by atoms with Crippen molar-refractivity contribution < 1.29 is 8.42 Å². The lowest BCUT2D eigenvalue weighted by atomic mass is 9.95. The first-order chi connectivity index (χ1) is 11.0. The Balaban J connectivity index is 0.00000208. The van der Waals surface area contributed by atoms with Crippen LogP contribution in [0, 0.1) is 6.92 Å². The number of fused-ring (bicyclic) bond motifs is 1. The van der Waals surface area contributed by atoms with E-state index in [9.17, 15) is 8.42 Å². The van der Waals surface area contributed by atoms with Gasteiger partial charge in [0.25, 0.3) is 0 Å². The zero-order chi connectivity index (χ0) is 16.4. The summed E-state index contributed by atoms with van der Waals surface area (Å²) in [7, 11) is -3.64. The third-order valence-electron chi connectivity index (χ3n) is 4.07. The highest BCUT2D eigenvalue weighted by atomic mass is 35.5. The second-order valence-electron chi connectivity index (χ2n) is 5.74. The van der Waals surface area contributed by atoms with Gasteiger partial charge in [-0.1, -0.05) is 41.9 Å². The Morgan fingerprint density at radius 3 is 2.79 bits per heavy atom. The van der Waals surface area contributed by atoms with Gasteiger partial charge in [0.05, 0.1) is 5.02 Å². The predicted molar refractivity (Wildman–Crippen MR) is 99.5 cm³/mol. The minimum atomic E-state index is -3.64. The lowest BCUT2D eigenvalue weighted by Gasteiger charge is -2.27. The molecule has 130 valence electrons. The van der Waals surface area contributed by atoms with Gasteiger partial charge in [-0.15, -0.1) is 12.4 Å². The molecule has 7 heteroatoms. The number of sulfonamides is 1. The van der Waals surface area contributed by atoms with E-state index in [0.29, 0.717) is 6.54 Å². The zero-order valence-corrected chi connectivity index (χ0v) is 15.6. The van der Waals surface area contributed by atoms with Crippen molar-refractivity contribution >= 4 is 34.0 Å². The highest BCUT2D eigenvalue weighted by Crippen LogP contribution is 2.25. The van der Waals surface area contributed by atoms with Crippen molar-refractivity contribution in [2.75, 3.05) is 13.1 Å². The summed E-state index contributed by atoms with van der Waals surface area (Å²) in [6.45, 7) is 2.98. The maximum atomic E-state index is 12.5. The van der Waals surface area contributed by atoms with Crippen molar-refractivity contribution in [3.05, 3.63) is 64.2 Å². The molecule has 1 aliphatic rings. The summed E-state index contributed by atoms with van der Waals surface area (Å²) in [5, 5.41) is 3.60. The molecule has 4 nitrogen and oxygen atoms in total. The van der Waals surface area contributed by atoms with Crippen LogP contribution in [-0.2, 0) is 16.4 Å². The number of hydrogen-bond acceptors (Lipinski definition) is 3. The molecule has 1 aliphatic heterocycles. The topological polar surface area (TPSA) is 58.2 Å². The number of halogens is 2. The Hall–Kier alpha value is -1.11. The van der Waals surface area contributed by atoms with Crippen molar-refractivity contribution in [2.24, 2.45) is 0 Å². The molecule has 0 aliphatic carbocycles. The Morgan fingerprint density at radius 2 is 2.00 bits per heavy atom. The second kappa shape index (κ2) is 7.85. The van der Waals surface area contributed by atoms with Gasteiger partial charge in [0.2, 0.25) is 10.0 Å². The molecule has 3 rings (SSSR count). The van der Waals surface area contributed by atoms with E-state index in [4.69, 9.17) is 11.6 Å². The zero-order valence-electron chi connectivity index (χ0n) is 13.3. The molecule has 0 saturated heterocycles. The predicted octanol–water partition coefficient (Wildman–Crippen LogP) is 3.24. The van der Waals surface area contributed by atoms with Crippen LogP contribution < -0.4 is 10.0 Å². The van der Waals surface area contributed by atoms with Crippen molar-refractivity contribution in [1.82, 2.24) is 10.0 Å². The average molecular weight is 387 g/mol. The minimum absolute atomic E-state index is 0. The van der Waals surface area contributed by atoms with Crippen molar-refractivity contribution in [3.8, 4) is 0 Å². The standard InChI is InChI=1S/C17H19ClN2O2S.ClH/c1-12-6-7-15(18)17(10-12)23(21,22)20-11-16-14-5-3-2-4-13(14)8-9-19-16;/h2-7,10,16,19-20H,8-9,11H2,1H3;1H. The fourth-order valence-corrected chi connectivity index (χ4v) is 4.49. The number of rotatable bonds is 4. The van der Waals surface area contributed by atoms with Crippen LogP contribution in [0.2, 0.25) is 5.02 Å². The maximum absolute atomic E-state index is 12.5. The SMILES string of the molecule is Cc1ccc(Cl)c(S(=O)(=O)NCC2NCCc3ccccc32)c1.Cl. The molecule has 2 N–H and O–H groups in total. The molecule has 0 saturated carbocycles. The number of nitrogens with one attached hydrogen (secondary N) is 2. The smallest absolute Gasteiger partial charge is 0.242 e. The molecule has 1 unspecified atom stereocenters. The maximum Gasteiger partial charge on any atom is 0.242 e. The van der Waals surface area contributed by atoms with E-state index < -0.39 is 10.0 Å². The normalized spacial score (nSPS) is 17.0. The van der Waals surface area contributed by atoms with Crippen LogP contribution in [0.15, 0.2) is 47.4 Å². The molecule has 0 radical (unpaired) electrons. The van der Waals surface area contributed by atoms with Crippen molar-refractivity contribution in [1.29, 1.82) is 0 Å². The summed E-state index contributed by atoms with van der Waals surface area (Å²) in [5.41, 5.74) is 3.27. The molecule has 0 bridgehead atoms. The van der Waals surface area contributed by atoms with Crippen LogP contribution in [0.5, 0.6) is 0 Å². The van der Waals surface area contributed by atoms with Crippen LogP contribution in [0.25, 0.3) is 0 Å². The van der Waals surface area contributed by atoms with Gasteiger partial charge in [0.1, 0.15) is 4.90 Å². The summed E-state index contributed by atoms with van der Waals surface area (Å²) in [4.78, 5) is 0.128. The Kier molecular flexibility index (Phi) is 6.28. The average Bonchev–Trinajstić information content (AvgIpc) is 2.55.